The Kier molecular flexibility index (Phi) is 5.59. The summed E-state index contributed by atoms with van der Waals surface area (Å²) in [5.41, 5.74) is 2.54. The lowest BCUT2D eigenvalue weighted by atomic mass is 10.0. The molecule has 0 saturated carbocycles. The molecule has 0 unspecified atom stereocenters. The van der Waals surface area contributed by atoms with Gasteiger partial charge in [0.2, 0.25) is 0 Å². The maximum atomic E-state index is 5.22. The summed E-state index contributed by atoms with van der Waals surface area (Å²) < 4.78 is 5.22. The normalized spacial score (nSPS) is 13.4. The van der Waals surface area contributed by atoms with Crippen LogP contribution in [0.1, 0.15) is 36.6 Å². The number of methoxy groups -OCH3 is 1. The van der Waals surface area contributed by atoms with Gasteiger partial charge in [-0.1, -0.05) is 48.5 Å². The van der Waals surface area contributed by atoms with Crippen molar-refractivity contribution in [1.82, 2.24) is 5.32 Å². The van der Waals surface area contributed by atoms with Crippen molar-refractivity contribution in [2.24, 2.45) is 0 Å². The predicted molar refractivity (Wildman–Crippen MR) is 88.5 cm³/mol. The van der Waals surface area contributed by atoms with Crippen LogP contribution in [0.2, 0.25) is 0 Å². The molecule has 2 rings (SSSR count). The van der Waals surface area contributed by atoms with Crippen LogP contribution in [0.5, 0.6) is 5.75 Å². The van der Waals surface area contributed by atoms with Crippen LogP contribution in [0.4, 0.5) is 0 Å². The zero-order valence-electron chi connectivity index (χ0n) is 12.8. The van der Waals surface area contributed by atoms with Crippen molar-refractivity contribution in [2.45, 2.75) is 25.4 Å². The minimum absolute atomic E-state index is 0.253. The summed E-state index contributed by atoms with van der Waals surface area (Å²) >= 11 is 0. The summed E-state index contributed by atoms with van der Waals surface area (Å²) in [5, 5.41) is 3.68. The molecular weight excluding hydrogens is 258 g/mol. The highest BCUT2D eigenvalue weighted by atomic mass is 16.5. The van der Waals surface area contributed by atoms with Gasteiger partial charge in [0, 0.05) is 12.1 Å². The Morgan fingerprint density at radius 3 is 2.29 bits per heavy atom. The zero-order chi connectivity index (χ0) is 15.1. The molecule has 2 aromatic rings. The standard InChI is InChI=1S/C19H23NO/c1-4-8-19(17-11-13-18(21-3)14-12-17)20-15(2)16-9-6-5-7-10-16/h4-7,9-15,19-20H,1,8H2,2-3H3/t15-,19+/m0/s1. The van der Waals surface area contributed by atoms with Gasteiger partial charge in [0.1, 0.15) is 5.75 Å². The minimum Gasteiger partial charge on any atom is -0.497 e. The van der Waals surface area contributed by atoms with E-state index < -0.39 is 0 Å². The van der Waals surface area contributed by atoms with Gasteiger partial charge in [-0.3, -0.25) is 0 Å². The molecule has 0 spiro atoms. The maximum Gasteiger partial charge on any atom is 0.118 e. The Bertz CT molecular complexity index is 548. The second-order valence-corrected chi connectivity index (χ2v) is 5.15. The molecular formula is C19H23NO. The second-order valence-electron chi connectivity index (χ2n) is 5.15. The number of nitrogens with one attached hydrogen (secondary N) is 1. The van der Waals surface area contributed by atoms with E-state index in [4.69, 9.17) is 4.74 Å². The van der Waals surface area contributed by atoms with Gasteiger partial charge in [-0.15, -0.1) is 6.58 Å². The lowest BCUT2D eigenvalue weighted by Crippen LogP contribution is -2.24. The van der Waals surface area contributed by atoms with E-state index in [1.165, 1.54) is 11.1 Å². The van der Waals surface area contributed by atoms with Gasteiger partial charge in [-0.05, 0) is 36.6 Å². The first-order valence-corrected chi connectivity index (χ1v) is 7.30. The zero-order valence-corrected chi connectivity index (χ0v) is 12.8. The quantitative estimate of drug-likeness (QED) is 0.745. The Balaban J connectivity index is 2.12. The number of hydrogen-bond acceptors (Lipinski definition) is 2. The van der Waals surface area contributed by atoms with Gasteiger partial charge in [0.25, 0.3) is 0 Å². The summed E-state index contributed by atoms with van der Waals surface area (Å²) in [6.07, 6.45) is 2.85. The van der Waals surface area contributed by atoms with Crippen molar-refractivity contribution in [2.75, 3.05) is 7.11 Å². The van der Waals surface area contributed by atoms with Crippen LogP contribution in [-0.4, -0.2) is 7.11 Å². The predicted octanol–water partition coefficient (Wildman–Crippen LogP) is 4.66. The lowest BCUT2D eigenvalue weighted by molar-refractivity contribution is 0.413. The van der Waals surface area contributed by atoms with Crippen LogP contribution >= 0.6 is 0 Å². The molecule has 0 aliphatic carbocycles. The number of rotatable bonds is 7. The van der Waals surface area contributed by atoms with Crippen molar-refractivity contribution in [3.05, 3.63) is 78.4 Å². The Hall–Kier alpha value is -2.06. The highest BCUT2D eigenvalue weighted by Crippen LogP contribution is 2.24. The molecule has 21 heavy (non-hydrogen) atoms. The average Bonchev–Trinajstić information content (AvgIpc) is 2.55. The van der Waals surface area contributed by atoms with Crippen molar-refractivity contribution in [1.29, 1.82) is 0 Å². The van der Waals surface area contributed by atoms with Crippen LogP contribution < -0.4 is 10.1 Å². The molecule has 0 aliphatic heterocycles. The Morgan fingerprint density at radius 1 is 1.05 bits per heavy atom. The molecule has 2 heteroatoms. The highest BCUT2D eigenvalue weighted by Gasteiger charge is 2.14. The molecule has 0 aliphatic rings. The van der Waals surface area contributed by atoms with Gasteiger partial charge in [-0.2, -0.15) is 0 Å². The van der Waals surface area contributed by atoms with Crippen molar-refractivity contribution >= 4 is 0 Å². The topological polar surface area (TPSA) is 21.3 Å². The average molecular weight is 281 g/mol. The summed E-state index contributed by atoms with van der Waals surface area (Å²) in [5.74, 6) is 0.882. The molecule has 0 radical (unpaired) electrons. The van der Waals surface area contributed by atoms with Crippen LogP contribution in [0.25, 0.3) is 0 Å². The van der Waals surface area contributed by atoms with Crippen molar-refractivity contribution in [3.63, 3.8) is 0 Å². The van der Waals surface area contributed by atoms with E-state index in [1.54, 1.807) is 7.11 Å². The number of hydrogen-bond donors (Lipinski definition) is 1. The third-order valence-electron chi connectivity index (χ3n) is 3.67. The van der Waals surface area contributed by atoms with E-state index in [0.29, 0.717) is 6.04 Å². The van der Waals surface area contributed by atoms with Gasteiger partial charge in [-0.25, -0.2) is 0 Å². The SMILES string of the molecule is C=CC[C@@H](N[C@@H](C)c1ccccc1)c1ccc(OC)cc1. The lowest BCUT2D eigenvalue weighted by Gasteiger charge is -2.23. The molecule has 0 bridgehead atoms. The summed E-state index contributed by atoms with van der Waals surface area (Å²) in [7, 11) is 1.69. The largest absolute Gasteiger partial charge is 0.497 e. The Labute approximate surface area is 127 Å². The fourth-order valence-corrected chi connectivity index (χ4v) is 2.44. The highest BCUT2D eigenvalue weighted by molar-refractivity contribution is 5.30. The number of ether oxygens (including phenoxy) is 1. The maximum absolute atomic E-state index is 5.22. The molecule has 0 fully saturated rings. The van der Waals surface area contributed by atoms with E-state index >= 15 is 0 Å². The molecule has 1 N–H and O–H groups in total. The first kappa shape index (κ1) is 15.3. The molecule has 0 saturated heterocycles. The smallest absolute Gasteiger partial charge is 0.118 e. The summed E-state index contributed by atoms with van der Waals surface area (Å²) in [6, 6.07) is 19.2. The monoisotopic (exact) mass is 281 g/mol. The van der Waals surface area contributed by atoms with E-state index in [9.17, 15) is 0 Å². The number of benzene rings is 2. The van der Waals surface area contributed by atoms with Crippen molar-refractivity contribution in [3.8, 4) is 5.75 Å². The third-order valence-corrected chi connectivity index (χ3v) is 3.67. The van der Waals surface area contributed by atoms with Crippen LogP contribution in [0, 0.1) is 0 Å². The summed E-state index contributed by atoms with van der Waals surface area (Å²) in [4.78, 5) is 0. The molecule has 2 atom stereocenters. The Morgan fingerprint density at radius 2 is 1.71 bits per heavy atom. The molecule has 0 amide bonds. The van der Waals surface area contributed by atoms with Gasteiger partial charge >= 0.3 is 0 Å². The molecule has 0 heterocycles. The second kappa shape index (κ2) is 7.65. The van der Waals surface area contributed by atoms with Crippen LogP contribution in [-0.2, 0) is 0 Å². The molecule has 110 valence electrons. The third kappa shape index (κ3) is 4.20. The van der Waals surface area contributed by atoms with E-state index in [0.717, 1.165) is 12.2 Å². The molecule has 0 aromatic heterocycles. The van der Waals surface area contributed by atoms with Crippen LogP contribution in [0.3, 0.4) is 0 Å². The van der Waals surface area contributed by atoms with Gasteiger partial charge in [0.15, 0.2) is 0 Å². The summed E-state index contributed by atoms with van der Waals surface area (Å²) in [6.45, 7) is 6.06. The first-order valence-electron chi connectivity index (χ1n) is 7.30. The fourth-order valence-electron chi connectivity index (χ4n) is 2.44. The van der Waals surface area contributed by atoms with Gasteiger partial charge in [0.05, 0.1) is 7.11 Å². The molecule has 2 nitrogen and oxygen atoms in total. The van der Waals surface area contributed by atoms with E-state index in [-0.39, 0.29) is 6.04 Å². The van der Waals surface area contributed by atoms with E-state index in [2.05, 4.69) is 55.2 Å². The van der Waals surface area contributed by atoms with Gasteiger partial charge < -0.3 is 10.1 Å². The van der Waals surface area contributed by atoms with Crippen LogP contribution in [0.15, 0.2) is 67.3 Å². The first-order chi connectivity index (χ1) is 10.2. The minimum atomic E-state index is 0.253. The fraction of sp³-hybridized carbons (Fsp3) is 0.263. The van der Waals surface area contributed by atoms with Crippen molar-refractivity contribution < 1.29 is 4.74 Å². The van der Waals surface area contributed by atoms with E-state index in [1.807, 2.05) is 24.3 Å². The molecule has 2 aromatic carbocycles.